The van der Waals surface area contributed by atoms with Crippen molar-refractivity contribution in [3.8, 4) is 0 Å². The summed E-state index contributed by atoms with van der Waals surface area (Å²) in [6, 6.07) is 30.5. The van der Waals surface area contributed by atoms with Gasteiger partial charge in [0.25, 0.3) is 0 Å². The van der Waals surface area contributed by atoms with E-state index >= 15 is 0 Å². The highest BCUT2D eigenvalue weighted by molar-refractivity contribution is 5.43. The molecule has 0 aromatic heterocycles. The molecule has 0 saturated carbocycles. The Morgan fingerprint density at radius 2 is 0.744 bits per heavy atom. The summed E-state index contributed by atoms with van der Waals surface area (Å²) in [4.78, 5) is 0. The van der Waals surface area contributed by atoms with Crippen molar-refractivity contribution >= 4 is 11.4 Å². The third-order valence-electron chi connectivity index (χ3n) is 7.99. The van der Waals surface area contributed by atoms with E-state index in [0.29, 0.717) is 0 Å². The van der Waals surface area contributed by atoms with Crippen LogP contribution in [0.25, 0.3) is 0 Å². The summed E-state index contributed by atoms with van der Waals surface area (Å²) in [6.45, 7) is 4.49. The number of hydrogen-bond donors (Lipinski definition) is 2. The highest BCUT2D eigenvalue weighted by Crippen LogP contribution is 2.20. The number of anilines is 2. The number of aryl methyl sites for hydroxylation is 4. The predicted octanol–water partition coefficient (Wildman–Crippen LogP) is 9.17. The molecule has 204 valence electrons. The van der Waals surface area contributed by atoms with Gasteiger partial charge in [0.2, 0.25) is 0 Å². The van der Waals surface area contributed by atoms with E-state index in [4.69, 9.17) is 11.5 Å². The molecule has 4 N–H and O–H groups in total. The van der Waals surface area contributed by atoms with Crippen molar-refractivity contribution in [2.75, 3.05) is 11.5 Å². The number of nitrogen functional groups attached to an aromatic ring is 2. The van der Waals surface area contributed by atoms with Crippen molar-refractivity contribution in [1.29, 1.82) is 0 Å². The topological polar surface area (TPSA) is 52.0 Å². The molecule has 0 unspecified atom stereocenters. The molecule has 0 fully saturated rings. The van der Waals surface area contributed by atoms with Gasteiger partial charge in [-0.25, -0.2) is 0 Å². The lowest BCUT2D eigenvalue weighted by Gasteiger charge is -2.10. The molecule has 0 radical (unpaired) electrons. The number of rotatable bonds is 14. The van der Waals surface area contributed by atoms with Gasteiger partial charge in [0.1, 0.15) is 0 Å². The fourth-order valence-electron chi connectivity index (χ4n) is 5.48. The lowest BCUT2D eigenvalue weighted by atomic mass is 9.96. The van der Waals surface area contributed by atoms with E-state index in [-0.39, 0.29) is 0 Å². The lowest BCUT2D eigenvalue weighted by molar-refractivity contribution is 0.579. The molecular formula is C37H46N2. The van der Waals surface area contributed by atoms with Crippen molar-refractivity contribution in [1.82, 2.24) is 0 Å². The predicted molar refractivity (Wildman–Crippen MR) is 169 cm³/mol. The van der Waals surface area contributed by atoms with Gasteiger partial charge in [0.05, 0.1) is 0 Å². The van der Waals surface area contributed by atoms with Crippen molar-refractivity contribution in [2.45, 2.75) is 84.5 Å². The van der Waals surface area contributed by atoms with Crippen LogP contribution in [0.15, 0.2) is 84.9 Å². The van der Waals surface area contributed by atoms with Gasteiger partial charge < -0.3 is 11.5 Å². The van der Waals surface area contributed by atoms with Crippen molar-refractivity contribution in [3.63, 3.8) is 0 Å². The van der Waals surface area contributed by atoms with E-state index in [2.05, 4.69) is 74.5 Å². The molecule has 2 nitrogen and oxygen atoms in total. The molecule has 0 atom stereocenters. The van der Waals surface area contributed by atoms with Crippen LogP contribution in [0, 0.1) is 13.8 Å². The second kappa shape index (κ2) is 14.6. The number of unbranched alkanes of at least 4 members (excludes halogenated alkanes) is 6. The molecule has 0 aliphatic rings. The molecule has 4 aromatic carbocycles. The molecule has 4 aromatic rings. The Balaban J connectivity index is 1.07. The van der Waals surface area contributed by atoms with Crippen molar-refractivity contribution < 1.29 is 0 Å². The molecule has 0 bridgehead atoms. The first-order chi connectivity index (χ1) is 19.0. The first-order valence-electron chi connectivity index (χ1n) is 14.8. The average molecular weight is 519 g/mol. The Kier molecular flexibility index (Phi) is 10.7. The summed E-state index contributed by atoms with van der Waals surface area (Å²) in [7, 11) is 0. The van der Waals surface area contributed by atoms with Crippen LogP contribution in [0.1, 0.15) is 89.5 Å². The molecule has 0 aliphatic heterocycles. The molecule has 4 rings (SSSR count). The molecule has 0 aliphatic carbocycles. The second-order valence-corrected chi connectivity index (χ2v) is 11.3. The standard InChI is InChI=1S/C37H46N2/c1-28-24-30(12-18-34(28)26-32-14-20-36(38)21-15-32)10-8-6-4-3-5-7-9-11-31-13-19-35(29(2)25-31)27-33-16-22-37(39)23-17-33/h12-25H,3-11,26-27,38-39H2,1-2H3. The molecule has 0 amide bonds. The smallest absolute Gasteiger partial charge is 0.0314 e. The Morgan fingerprint density at radius 3 is 1.10 bits per heavy atom. The summed E-state index contributed by atoms with van der Waals surface area (Å²) >= 11 is 0. The monoisotopic (exact) mass is 518 g/mol. The van der Waals surface area contributed by atoms with Crippen molar-refractivity contribution in [3.05, 3.63) is 129 Å². The maximum absolute atomic E-state index is 5.82. The molecule has 0 spiro atoms. The van der Waals surface area contributed by atoms with Gasteiger partial charge in [-0.2, -0.15) is 0 Å². The summed E-state index contributed by atoms with van der Waals surface area (Å²) in [5, 5.41) is 0. The highest BCUT2D eigenvalue weighted by Gasteiger charge is 2.04. The summed E-state index contributed by atoms with van der Waals surface area (Å²) in [5.41, 5.74) is 24.5. The minimum Gasteiger partial charge on any atom is -0.399 e. The number of benzene rings is 4. The Hall–Kier alpha value is -3.52. The Labute approximate surface area is 236 Å². The number of hydrogen-bond acceptors (Lipinski definition) is 2. The normalized spacial score (nSPS) is 11.1. The first-order valence-corrected chi connectivity index (χ1v) is 14.8. The minimum absolute atomic E-state index is 0.828. The summed E-state index contributed by atoms with van der Waals surface area (Å²) in [6.07, 6.45) is 13.6. The van der Waals surface area contributed by atoms with Crippen LogP contribution in [0.3, 0.4) is 0 Å². The van der Waals surface area contributed by atoms with Gasteiger partial charge in [-0.3, -0.25) is 0 Å². The van der Waals surface area contributed by atoms with Gasteiger partial charge >= 0.3 is 0 Å². The van der Waals surface area contributed by atoms with Crippen LogP contribution >= 0.6 is 0 Å². The Bertz CT molecular complexity index is 1200. The zero-order valence-electron chi connectivity index (χ0n) is 24.0. The molecular weight excluding hydrogens is 472 g/mol. The van der Waals surface area contributed by atoms with Crippen LogP contribution in [-0.2, 0) is 25.7 Å². The zero-order valence-corrected chi connectivity index (χ0v) is 24.0. The van der Waals surface area contributed by atoms with E-state index in [1.165, 1.54) is 102 Å². The Morgan fingerprint density at radius 1 is 0.410 bits per heavy atom. The van der Waals surface area contributed by atoms with Crippen LogP contribution < -0.4 is 11.5 Å². The quantitative estimate of drug-likeness (QED) is 0.129. The highest BCUT2D eigenvalue weighted by atomic mass is 14.5. The van der Waals surface area contributed by atoms with Crippen LogP contribution in [0.5, 0.6) is 0 Å². The maximum atomic E-state index is 5.82. The van der Waals surface area contributed by atoms with E-state index in [9.17, 15) is 0 Å². The van der Waals surface area contributed by atoms with Gasteiger partial charge in [0, 0.05) is 11.4 Å². The lowest BCUT2D eigenvalue weighted by Crippen LogP contribution is -1.95. The molecule has 39 heavy (non-hydrogen) atoms. The van der Waals surface area contributed by atoms with Gasteiger partial charge in [-0.15, -0.1) is 0 Å². The second-order valence-electron chi connectivity index (χ2n) is 11.3. The average Bonchev–Trinajstić information content (AvgIpc) is 2.93. The van der Waals surface area contributed by atoms with Crippen LogP contribution in [0.4, 0.5) is 11.4 Å². The first kappa shape index (κ1) is 28.5. The van der Waals surface area contributed by atoms with Crippen LogP contribution in [-0.4, -0.2) is 0 Å². The van der Waals surface area contributed by atoms with Gasteiger partial charge in [0.15, 0.2) is 0 Å². The third-order valence-corrected chi connectivity index (χ3v) is 7.99. The largest absolute Gasteiger partial charge is 0.399 e. The summed E-state index contributed by atoms with van der Waals surface area (Å²) in [5.74, 6) is 0. The van der Waals surface area contributed by atoms with Crippen LogP contribution in [0.2, 0.25) is 0 Å². The molecule has 0 heterocycles. The molecule has 2 heteroatoms. The maximum Gasteiger partial charge on any atom is 0.0314 e. The van der Waals surface area contributed by atoms with E-state index < -0.39 is 0 Å². The fraction of sp³-hybridized carbons (Fsp3) is 0.351. The van der Waals surface area contributed by atoms with E-state index in [1.54, 1.807) is 0 Å². The zero-order chi connectivity index (χ0) is 27.5. The van der Waals surface area contributed by atoms with E-state index in [1.807, 2.05) is 24.3 Å². The van der Waals surface area contributed by atoms with E-state index in [0.717, 1.165) is 24.2 Å². The molecule has 0 saturated heterocycles. The SMILES string of the molecule is Cc1cc(CCCCCCCCCc2ccc(Cc3ccc(N)cc3)c(C)c2)ccc1Cc1ccc(N)cc1. The number of nitrogens with two attached hydrogens (primary N) is 2. The van der Waals surface area contributed by atoms with Gasteiger partial charge in [-0.1, -0.05) is 92.8 Å². The van der Waals surface area contributed by atoms with Crippen molar-refractivity contribution in [2.24, 2.45) is 0 Å². The fourth-order valence-corrected chi connectivity index (χ4v) is 5.48. The van der Waals surface area contributed by atoms with Gasteiger partial charge in [-0.05, 0) is 121 Å². The third kappa shape index (κ3) is 9.32. The minimum atomic E-state index is 0.828. The summed E-state index contributed by atoms with van der Waals surface area (Å²) < 4.78 is 0.